The Morgan fingerprint density at radius 1 is 1.26 bits per heavy atom. The highest BCUT2D eigenvalue weighted by atomic mass is 79.9. The van der Waals surface area contributed by atoms with E-state index in [-0.39, 0.29) is 11.4 Å². The molecule has 0 unspecified atom stereocenters. The fraction of sp³-hybridized carbons (Fsp3) is 0.214. The number of rotatable bonds is 2. The van der Waals surface area contributed by atoms with Crippen LogP contribution in [0.1, 0.15) is 12.1 Å². The maximum absolute atomic E-state index is 13.7. The Morgan fingerprint density at radius 3 is 2.89 bits per heavy atom. The van der Waals surface area contributed by atoms with Crippen LogP contribution in [0.4, 0.5) is 15.8 Å². The van der Waals surface area contributed by atoms with E-state index in [1.54, 1.807) is 16.7 Å². The van der Waals surface area contributed by atoms with E-state index in [0.717, 1.165) is 25.1 Å². The van der Waals surface area contributed by atoms with Gasteiger partial charge in [-0.2, -0.15) is 0 Å². The molecule has 1 aliphatic rings. The fourth-order valence-electron chi connectivity index (χ4n) is 2.35. The molecule has 3 nitrogen and oxygen atoms in total. The van der Waals surface area contributed by atoms with E-state index < -0.39 is 0 Å². The van der Waals surface area contributed by atoms with Crippen molar-refractivity contribution in [2.75, 3.05) is 5.32 Å². The number of anilines is 2. The third kappa shape index (κ3) is 2.42. The monoisotopic (exact) mass is 322 g/mol. The number of benzene rings is 1. The first-order chi connectivity index (χ1) is 9.13. The third-order valence-electron chi connectivity index (χ3n) is 3.24. The molecule has 1 aromatic carbocycles. The van der Waals surface area contributed by atoms with Gasteiger partial charge in [0.25, 0.3) is 5.56 Å². The molecule has 0 radical (unpaired) electrons. The molecular weight excluding hydrogens is 311 g/mol. The van der Waals surface area contributed by atoms with E-state index in [2.05, 4.69) is 21.2 Å². The molecule has 5 heteroatoms. The Morgan fingerprint density at radius 2 is 2.11 bits per heavy atom. The van der Waals surface area contributed by atoms with Crippen molar-refractivity contribution in [1.29, 1.82) is 0 Å². The smallest absolute Gasteiger partial charge is 0.252 e. The molecule has 3 rings (SSSR count). The van der Waals surface area contributed by atoms with Gasteiger partial charge in [-0.05, 0) is 37.1 Å². The van der Waals surface area contributed by atoms with Crippen molar-refractivity contribution < 1.29 is 4.39 Å². The molecule has 1 aromatic heterocycles. The highest BCUT2D eigenvalue weighted by molar-refractivity contribution is 9.10. The van der Waals surface area contributed by atoms with Crippen LogP contribution in [-0.2, 0) is 13.0 Å². The molecule has 0 bridgehead atoms. The van der Waals surface area contributed by atoms with Crippen LogP contribution >= 0.6 is 15.9 Å². The second-order valence-electron chi connectivity index (χ2n) is 4.58. The van der Waals surface area contributed by atoms with Gasteiger partial charge < -0.3 is 9.88 Å². The van der Waals surface area contributed by atoms with E-state index in [9.17, 15) is 9.18 Å². The van der Waals surface area contributed by atoms with Gasteiger partial charge in [-0.1, -0.05) is 15.9 Å². The van der Waals surface area contributed by atoms with Crippen LogP contribution in [-0.4, -0.2) is 4.57 Å². The summed E-state index contributed by atoms with van der Waals surface area (Å²) in [6, 6.07) is 8.21. The molecule has 19 heavy (non-hydrogen) atoms. The van der Waals surface area contributed by atoms with Crippen molar-refractivity contribution in [2.45, 2.75) is 19.4 Å². The zero-order chi connectivity index (χ0) is 13.4. The molecule has 0 saturated heterocycles. The molecule has 0 amide bonds. The van der Waals surface area contributed by atoms with E-state index in [1.807, 2.05) is 6.07 Å². The predicted octanol–water partition coefficient (Wildman–Crippen LogP) is 3.44. The third-order valence-corrected chi connectivity index (χ3v) is 3.73. The van der Waals surface area contributed by atoms with E-state index >= 15 is 0 Å². The van der Waals surface area contributed by atoms with Gasteiger partial charge in [0.05, 0.1) is 5.69 Å². The van der Waals surface area contributed by atoms with E-state index in [0.29, 0.717) is 15.8 Å². The number of hydrogen-bond donors (Lipinski definition) is 1. The minimum atomic E-state index is -0.352. The van der Waals surface area contributed by atoms with Crippen molar-refractivity contribution >= 4 is 27.3 Å². The van der Waals surface area contributed by atoms with Crippen molar-refractivity contribution in [2.24, 2.45) is 0 Å². The van der Waals surface area contributed by atoms with Crippen molar-refractivity contribution in [3.63, 3.8) is 0 Å². The summed E-state index contributed by atoms with van der Waals surface area (Å²) in [7, 11) is 0. The molecular formula is C14H12BrFN2O. The summed E-state index contributed by atoms with van der Waals surface area (Å²) in [6.45, 7) is 0.779. The van der Waals surface area contributed by atoms with Gasteiger partial charge in [0.15, 0.2) is 0 Å². The second kappa shape index (κ2) is 4.81. The SMILES string of the molecule is O=c1cc(Nc2ccc(Br)cc2F)cc2n1CCC2. The highest BCUT2D eigenvalue weighted by Crippen LogP contribution is 2.24. The number of pyridine rings is 1. The highest BCUT2D eigenvalue weighted by Gasteiger charge is 2.13. The van der Waals surface area contributed by atoms with Crippen LogP contribution < -0.4 is 10.9 Å². The topological polar surface area (TPSA) is 34.0 Å². The Kier molecular flexibility index (Phi) is 3.14. The quantitative estimate of drug-likeness (QED) is 0.919. The number of aromatic nitrogens is 1. The largest absolute Gasteiger partial charge is 0.353 e. The van der Waals surface area contributed by atoms with Gasteiger partial charge in [0.2, 0.25) is 0 Å². The maximum Gasteiger partial charge on any atom is 0.252 e. The molecule has 2 heterocycles. The van der Waals surface area contributed by atoms with Crippen LogP contribution in [0.15, 0.2) is 39.6 Å². The minimum Gasteiger partial charge on any atom is -0.353 e. The van der Waals surface area contributed by atoms with Crippen molar-refractivity contribution in [3.8, 4) is 0 Å². The average molecular weight is 323 g/mol. The summed E-state index contributed by atoms with van der Waals surface area (Å²) in [5.41, 5.74) is 1.98. The van der Waals surface area contributed by atoms with Crippen LogP contribution in [0.2, 0.25) is 0 Å². The molecule has 98 valence electrons. The van der Waals surface area contributed by atoms with E-state index in [1.165, 1.54) is 12.1 Å². The van der Waals surface area contributed by atoms with Crippen LogP contribution in [0.3, 0.4) is 0 Å². The fourth-order valence-corrected chi connectivity index (χ4v) is 2.68. The lowest BCUT2D eigenvalue weighted by Crippen LogP contribution is -2.18. The van der Waals surface area contributed by atoms with Crippen molar-refractivity contribution in [3.05, 3.63) is 56.7 Å². The lowest BCUT2D eigenvalue weighted by atomic mass is 10.2. The Balaban J connectivity index is 1.96. The Hall–Kier alpha value is -1.62. The molecule has 0 aliphatic carbocycles. The second-order valence-corrected chi connectivity index (χ2v) is 5.49. The first-order valence-electron chi connectivity index (χ1n) is 6.09. The lowest BCUT2D eigenvalue weighted by molar-refractivity contribution is 0.631. The molecule has 0 saturated carbocycles. The molecule has 2 aromatic rings. The predicted molar refractivity (Wildman–Crippen MR) is 76.4 cm³/mol. The number of nitrogens with zero attached hydrogens (tertiary/aromatic N) is 1. The van der Waals surface area contributed by atoms with Gasteiger partial charge in [0, 0.05) is 28.5 Å². The summed E-state index contributed by atoms with van der Waals surface area (Å²) in [4.78, 5) is 11.9. The molecule has 0 spiro atoms. The zero-order valence-corrected chi connectivity index (χ0v) is 11.7. The Labute approximate surface area is 118 Å². The maximum atomic E-state index is 13.7. The summed E-state index contributed by atoms with van der Waals surface area (Å²) >= 11 is 3.21. The molecule has 0 atom stereocenters. The standard InChI is InChI=1S/C14H12BrFN2O/c15-9-3-4-13(12(16)6-9)17-10-7-11-2-1-5-18(11)14(19)8-10/h3-4,6-8,17H,1-2,5H2. The van der Waals surface area contributed by atoms with E-state index in [4.69, 9.17) is 0 Å². The molecule has 1 aliphatic heterocycles. The van der Waals surface area contributed by atoms with Crippen LogP contribution in [0.5, 0.6) is 0 Å². The normalized spacial score (nSPS) is 13.4. The minimum absolute atomic E-state index is 0.0324. The van der Waals surface area contributed by atoms with Gasteiger partial charge in [-0.15, -0.1) is 0 Å². The van der Waals surface area contributed by atoms with Gasteiger partial charge in [-0.3, -0.25) is 4.79 Å². The summed E-state index contributed by atoms with van der Waals surface area (Å²) in [5, 5.41) is 2.96. The first-order valence-corrected chi connectivity index (χ1v) is 6.88. The Bertz CT molecular complexity index is 696. The zero-order valence-electron chi connectivity index (χ0n) is 10.1. The average Bonchev–Trinajstić information content (AvgIpc) is 2.81. The molecule has 0 fully saturated rings. The number of nitrogens with one attached hydrogen (secondary N) is 1. The molecule has 1 N–H and O–H groups in total. The van der Waals surface area contributed by atoms with Crippen LogP contribution in [0, 0.1) is 5.82 Å². The summed E-state index contributed by atoms with van der Waals surface area (Å²) in [6.07, 6.45) is 1.89. The number of aryl methyl sites for hydroxylation is 1. The number of hydrogen-bond acceptors (Lipinski definition) is 2. The lowest BCUT2D eigenvalue weighted by Gasteiger charge is -2.10. The first kappa shape index (κ1) is 12.4. The van der Waals surface area contributed by atoms with Crippen molar-refractivity contribution in [1.82, 2.24) is 4.57 Å². The number of halogens is 2. The summed E-state index contributed by atoms with van der Waals surface area (Å²) in [5.74, 6) is -0.352. The van der Waals surface area contributed by atoms with Gasteiger partial charge in [0.1, 0.15) is 5.82 Å². The van der Waals surface area contributed by atoms with Gasteiger partial charge in [-0.25, -0.2) is 4.39 Å². The van der Waals surface area contributed by atoms with Crippen LogP contribution in [0.25, 0.3) is 0 Å². The van der Waals surface area contributed by atoms with Gasteiger partial charge >= 0.3 is 0 Å². The number of fused-ring (bicyclic) bond motifs is 1. The summed E-state index contributed by atoms with van der Waals surface area (Å²) < 4.78 is 16.2.